The molecule has 10 heteroatoms. The van der Waals surface area contributed by atoms with Crippen LogP contribution in [0, 0.1) is 5.41 Å². The minimum atomic E-state index is -1.72. The molecule has 156 valence electrons. The molecule has 1 saturated heterocycles. The summed E-state index contributed by atoms with van der Waals surface area (Å²) in [7, 11) is 0. The fraction of sp³-hybridized carbons (Fsp3) is 1.00. The fourth-order valence-electron chi connectivity index (χ4n) is 2.76. The maximum Gasteiger partial charge on any atom is 0.187 e. The summed E-state index contributed by atoms with van der Waals surface area (Å²) in [6.45, 7) is 4.08. The lowest BCUT2D eigenvalue weighted by Crippen LogP contribution is -2.60. The van der Waals surface area contributed by atoms with E-state index in [9.17, 15) is 35.7 Å². The van der Waals surface area contributed by atoms with Crippen molar-refractivity contribution in [1.29, 1.82) is 0 Å². The Labute approximate surface area is 152 Å². The number of rotatable bonds is 8. The fourth-order valence-corrected chi connectivity index (χ4v) is 2.76. The number of aliphatic hydroxyl groups is 8. The van der Waals surface area contributed by atoms with E-state index in [4.69, 9.17) is 14.6 Å². The summed E-state index contributed by atoms with van der Waals surface area (Å²) in [5.74, 6) is 0. The highest BCUT2D eigenvalue weighted by Gasteiger charge is 2.46. The van der Waals surface area contributed by atoms with Gasteiger partial charge in [0.1, 0.15) is 42.7 Å². The molecule has 0 aliphatic carbocycles. The van der Waals surface area contributed by atoms with Crippen molar-refractivity contribution >= 4 is 0 Å². The lowest BCUT2D eigenvalue weighted by molar-refractivity contribution is -0.322. The third-order valence-corrected chi connectivity index (χ3v) is 4.28. The standard InChI is InChI=1S/C16H32O10/c1-16(2,3)4-8(11(21)10(20)7(19)5-17)25-15-14(24)13(23)12(22)9(6-18)26-15/h7-15,17-24H,4-6H2,1-3H3/t7-,8+,9-,10-,11-,12-,13+,14-,15-/m1/s1. The largest absolute Gasteiger partial charge is 0.394 e. The van der Waals surface area contributed by atoms with E-state index < -0.39 is 73.8 Å². The molecule has 9 atom stereocenters. The van der Waals surface area contributed by atoms with Crippen LogP contribution in [0.3, 0.4) is 0 Å². The van der Waals surface area contributed by atoms with Crippen LogP contribution in [0.25, 0.3) is 0 Å². The van der Waals surface area contributed by atoms with Gasteiger partial charge in [-0.1, -0.05) is 20.8 Å². The lowest BCUT2D eigenvalue weighted by Gasteiger charge is -2.42. The Balaban J connectivity index is 2.97. The van der Waals surface area contributed by atoms with Gasteiger partial charge in [0.25, 0.3) is 0 Å². The summed E-state index contributed by atoms with van der Waals surface area (Å²) >= 11 is 0. The van der Waals surface area contributed by atoms with Gasteiger partial charge in [-0.2, -0.15) is 0 Å². The van der Waals surface area contributed by atoms with Gasteiger partial charge < -0.3 is 50.3 Å². The zero-order chi connectivity index (χ0) is 20.2. The van der Waals surface area contributed by atoms with E-state index in [0.29, 0.717) is 0 Å². The predicted octanol–water partition coefficient (Wildman–Crippen LogP) is -3.32. The summed E-state index contributed by atoms with van der Waals surface area (Å²) in [5.41, 5.74) is -0.399. The van der Waals surface area contributed by atoms with Crippen molar-refractivity contribution in [2.45, 2.75) is 82.3 Å². The Bertz CT molecular complexity index is 412. The first-order valence-electron chi connectivity index (χ1n) is 8.54. The molecule has 1 rings (SSSR count). The van der Waals surface area contributed by atoms with E-state index in [1.165, 1.54) is 0 Å². The molecule has 0 aromatic heterocycles. The Hall–Kier alpha value is -0.400. The second kappa shape index (κ2) is 9.69. The van der Waals surface area contributed by atoms with Crippen molar-refractivity contribution in [2.24, 2.45) is 5.41 Å². The Morgan fingerprint density at radius 2 is 1.50 bits per heavy atom. The van der Waals surface area contributed by atoms with Crippen LogP contribution in [0.2, 0.25) is 0 Å². The van der Waals surface area contributed by atoms with Gasteiger partial charge in [0.15, 0.2) is 6.29 Å². The van der Waals surface area contributed by atoms with E-state index >= 15 is 0 Å². The molecule has 1 heterocycles. The third kappa shape index (κ3) is 6.06. The predicted molar refractivity (Wildman–Crippen MR) is 87.8 cm³/mol. The van der Waals surface area contributed by atoms with E-state index in [1.807, 2.05) is 20.8 Å². The van der Waals surface area contributed by atoms with Gasteiger partial charge in [-0.15, -0.1) is 0 Å². The van der Waals surface area contributed by atoms with Gasteiger partial charge in [0, 0.05) is 0 Å². The Morgan fingerprint density at radius 1 is 0.923 bits per heavy atom. The molecule has 0 amide bonds. The maximum atomic E-state index is 10.4. The molecule has 0 radical (unpaired) electrons. The second-order valence-electron chi connectivity index (χ2n) is 7.87. The molecule has 26 heavy (non-hydrogen) atoms. The molecule has 1 aliphatic rings. The van der Waals surface area contributed by atoms with E-state index in [-0.39, 0.29) is 6.42 Å². The van der Waals surface area contributed by atoms with E-state index in [0.717, 1.165) is 0 Å². The molecule has 0 saturated carbocycles. The summed E-state index contributed by atoms with van der Waals surface area (Å²) in [5, 5.41) is 77.7. The quantitative estimate of drug-likeness (QED) is 0.211. The van der Waals surface area contributed by atoms with Crippen molar-refractivity contribution in [3.05, 3.63) is 0 Å². The average molecular weight is 384 g/mol. The molecule has 0 unspecified atom stereocenters. The smallest absolute Gasteiger partial charge is 0.187 e. The molecule has 1 aliphatic heterocycles. The van der Waals surface area contributed by atoms with Crippen molar-refractivity contribution < 1.29 is 50.3 Å². The van der Waals surface area contributed by atoms with Gasteiger partial charge in [-0.05, 0) is 11.8 Å². The Morgan fingerprint density at radius 3 is 1.96 bits per heavy atom. The highest BCUT2D eigenvalue weighted by molar-refractivity contribution is 4.91. The zero-order valence-electron chi connectivity index (χ0n) is 15.2. The van der Waals surface area contributed by atoms with Crippen LogP contribution < -0.4 is 0 Å². The van der Waals surface area contributed by atoms with Gasteiger partial charge in [-0.25, -0.2) is 0 Å². The highest BCUT2D eigenvalue weighted by Crippen LogP contribution is 2.30. The molecule has 0 bridgehead atoms. The molecule has 1 fully saturated rings. The highest BCUT2D eigenvalue weighted by atomic mass is 16.7. The number of hydrogen-bond donors (Lipinski definition) is 8. The van der Waals surface area contributed by atoms with Gasteiger partial charge in [0.05, 0.1) is 19.3 Å². The van der Waals surface area contributed by atoms with E-state index in [2.05, 4.69) is 0 Å². The molecule has 0 aromatic carbocycles. The van der Waals surface area contributed by atoms with Gasteiger partial charge in [-0.3, -0.25) is 0 Å². The number of ether oxygens (including phenoxy) is 2. The third-order valence-electron chi connectivity index (χ3n) is 4.28. The van der Waals surface area contributed by atoms with Crippen molar-refractivity contribution in [1.82, 2.24) is 0 Å². The summed E-state index contributed by atoms with van der Waals surface area (Å²) in [6.07, 6.45) is -13.5. The molecular formula is C16H32O10. The van der Waals surface area contributed by atoms with E-state index in [1.54, 1.807) is 0 Å². The molecule has 10 nitrogen and oxygen atoms in total. The van der Waals surface area contributed by atoms with Crippen LogP contribution in [-0.2, 0) is 9.47 Å². The topological polar surface area (TPSA) is 180 Å². The normalized spacial score (nSPS) is 35.0. The second-order valence-corrected chi connectivity index (χ2v) is 7.87. The van der Waals surface area contributed by atoms with Gasteiger partial charge in [0.2, 0.25) is 0 Å². The minimum absolute atomic E-state index is 0.165. The first-order chi connectivity index (χ1) is 11.9. The van der Waals surface area contributed by atoms with Crippen LogP contribution in [0.1, 0.15) is 27.2 Å². The van der Waals surface area contributed by atoms with Crippen LogP contribution in [-0.4, -0.2) is 109 Å². The summed E-state index contributed by atoms with van der Waals surface area (Å²) < 4.78 is 10.8. The van der Waals surface area contributed by atoms with Gasteiger partial charge >= 0.3 is 0 Å². The van der Waals surface area contributed by atoms with Crippen LogP contribution in [0.15, 0.2) is 0 Å². The SMILES string of the molecule is CC(C)(C)C[C@H](O[C@@H]1O[C@H](CO)[C@@H](O)[C@H](O)[C@H]1O)[C@@H](O)[C@H](O)[C@H](O)CO. The van der Waals surface area contributed by atoms with Crippen molar-refractivity contribution in [2.75, 3.05) is 13.2 Å². The first kappa shape index (κ1) is 23.6. The monoisotopic (exact) mass is 384 g/mol. The molecule has 8 N–H and O–H groups in total. The summed E-state index contributed by atoms with van der Waals surface area (Å²) in [4.78, 5) is 0. The minimum Gasteiger partial charge on any atom is -0.394 e. The lowest BCUT2D eigenvalue weighted by atomic mass is 9.85. The maximum absolute atomic E-state index is 10.4. The zero-order valence-corrected chi connectivity index (χ0v) is 15.2. The van der Waals surface area contributed by atoms with Crippen molar-refractivity contribution in [3.8, 4) is 0 Å². The van der Waals surface area contributed by atoms with Crippen LogP contribution in [0.4, 0.5) is 0 Å². The van der Waals surface area contributed by atoms with Crippen LogP contribution >= 0.6 is 0 Å². The number of aliphatic hydroxyl groups excluding tert-OH is 8. The van der Waals surface area contributed by atoms with Crippen LogP contribution in [0.5, 0.6) is 0 Å². The molecule has 0 spiro atoms. The van der Waals surface area contributed by atoms with Crippen molar-refractivity contribution in [3.63, 3.8) is 0 Å². The molecular weight excluding hydrogens is 352 g/mol. The Kier molecular flexibility index (Phi) is 8.81. The average Bonchev–Trinajstić information content (AvgIpc) is 2.58. The summed E-state index contributed by atoms with van der Waals surface area (Å²) in [6, 6.07) is 0. The molecule has 0 aromatic rings. The number of hydrogen-bond acceptors (Lipinski definition) is 10. The first-order valence-corrected chi connectivity index (χ1v) is 8.54.